The van der Waals surface area contributed by atoms with E-state index in [4.69, 9.17) is 0 Å². The van der Waals surface area contributed by atoms with Crippen molar-refractivity contribution >= 4 is 0 Å². The molecule has 0 radical (unpaired) electrons. The molecule has 0 aliphatic heterocycles. The molecule has 0 unspecified atom stereocenters. The molecule has 0 aromatic heterocycles. The van der Waals surface area contributed by atoms with E-state index >= 15 is 0 Å². The minimum absolute atomic E-state index is 0.0942. The Morgan fingerprint density at radius 2 is 1.90 bits per heavy atom. The van der Waals surface area contributed by atoms with E-state index in [0.29, 0.717) is 12.3 Å². The van der Waals surface area contributed by atoms with E-state index < -0.39 is 6.17 Å². The molecule has 4 aliphatic rings. The lowest BCUT2D eigenvalue weighted by molar-refractivity contribution is -0.0687. The molecule has 0 spiro atoms. The van der Waals surface area contributed by atoms with Gasteiger partial charge in [0.2, 0.25) is 0 Å². The van der Waals surface area contributed by atoms with Gasteiger partial charge in [-0.15, -0.1) is 0 Å². The summed E-state index contributed by atoms with van der Waals surface area (Å²) < 4.78 is 13.8. The second-order valence-electron chi connectivity index (χ2n) is 8.74. The Morgan fingerprint density at radius 1 is 1.10 bits per heavy atom. The first-order valence-electron chi connectivity index (χ1n) is 8.97. The van der Waals surface area contributed by atoms with Crippen LogP contribution in [0.25, 0.3) is 0 Å². The minimum atomic E-state index is -0.608. The molecule has 2 heteroatoms. The van der Waals surface area contributed by atoms with Gasteiger partial charge < -0.3 is 5.11 Å². The van der Waals surface area contributed by atoms with Crippen LogP contribution in [0.5, 0.6) is 0 Å². The Kier molecular flexibility index (Phi) is 3.10. The fourth-order valence-electron chi connectivity index (χ4n) is 6.59. The van der Waals surface area contributed by atoms with Crippen molar-refractivity contribution in [1.29, 1.82) is 0 Å². The maximum absolute atomic E-state index is 13.8. The fourth-order valence-corrected chi connectivity index (χ4v) is 6.59. The number of rotatable bonds is 0. The number of hydrogen-bond donors (Lipinski definition) is 1. The quantitative estimate of drug-likeness (QED) is 0.644. The van der Waals surface area contributed by atoms with Crippen LogP contribution in [0.1, 0.15) is 65.2 Å². The van der Waals surface area contributed by atoms with Gasteiger partial charge in [-0.2, -0.15) is 0 Å². The number of allylic oxidation sites excluding steroid dienone is 2. The summed E-state index contributed by atoms with van der Waals surface area (Å²) in [5, 5.41) is 10.4. The summed E-state index contributed by atoms with van der Waals surface area (Å²) >= 11 is 0. The largest absolute Gasteiger partial charge is 0.393 e. The zero-order valence-electron chi connectivity index (χ0n) is 13.4. The predicted molar refractivity (Wildman–Crippen MR) is 82.6 cm³/mol. The summed E-state index contributed by atoms with van der Waals surface area (Å²) in [5.74, 6) is 2.14. The molecule has 118 valence electrons. The van der Waals surface area contributed by atoms with Crippen molar-refractivity contribution in [3.63, 3.8) is 0 Å². The van der Waals surface area contributed by atoms with Crippen LogP contribution in [0.2, 0.25) is 0 Å². The first kappa shape index (κ1) is 14.2. The van der Waals surface area contributed by atoms with Gasteiger partial charge in [0.1, 0.15) is 6.17 Å². The van der Waals surface area contributed by atoms with Gasteiger partial charge in [0.05, 0.1) is 6.10 Å². The maximum Gasteiger partial charge on any atom is 0.104 e. The third-order valence-corrected chi connectivity index (χ3v) is 7.99. The van der Waals surface area contributed by atoms with Gasteiger partial charge in [0.25, 0.3) is 0 Å². The second kappa shape index (κ2) is 4.57. The van der Waals surface area contributed by atoms with E-state index in [2.05, 4.69) is 19.9 Å². The summed E-state index contributed by atoms with van der Waals surface area (Å²) in [5.41, 5.74) is 1.82. The molecule has 3 saturated carbocycles. The van der Waals surface area contributed by atoms with Gasteiger partial charge >= 0.3 is 0 Å². The maximum atomic E-state index is 13.8. The molecule has 0 saturated heterocycles. The zero-order chi connectivity index (χ0) is 14.8. The molecule has 0 aromatic carbocycles. The van der Waals surface area contributed by atoms with Crippen LogP contribution in [0.4, 0.5) is 4.39 Å². The SMILES string of the molecule is C[C@]12CC[C@H]3[C@@H](CC=C4C[C@H](F)CC[C@@]43C)[C@@H]1CC[C@H]2O. The van der Waals surface area contributed by atoms with Crippen LogP contribution in [0.15, 0.2) is 11.6 Å². The smallest absolute Gasteiger partial charge is 0.104 e. The molecule has 4 aliphatic carbocycles. The molecule has 0 heterocycles. The van der Waals surface area contributed by atoms with Gasteiger partial charge in [-0.1, -0.05) is 25.5 Å². The van der Waals surface area contributed by atoms with Crippen LogP contribution < -0.4 is 0 Å². The Hall–Kier alpha value is -0.370. The van der Waals surface area contributed by atoms with E-state index in [1.807, 2.05) is 0 Å². The molecule has 4 rings (SSSR count). The monoisotopic (exact) mass is 292 g/mol. The predicted octanol–water partition coefficient (Wildman–Crippen LogP) is 4.65. The van der Waals surface area contributed by atoms with Crippen LogP contribution in [0.3, 0.4) is 0 Å². The van der Waals surface area contributed by atoms with Gasteiger partial charge in [0.15, 0.2) is 0 Å². The molecule has 0 aromatic rings. The standard InChI is InChI=1S/C19H29FO/c1-18-9-7-13(20)11-12(18)3-4-14-15-5-6-17(21)19(15,2)10-8-16(14)18/h3,13-17,21H,4-11H2,1-2H3/t13-,14+,15+,16+,17-,18+,19+/m1/s1. The van der Waals surface area contributed by atoms with Gasteiger partial charge in [-0.05, 0) is 73.5 Å². The average molecular weight is 292 g/mol. The minimum Gasteiger partial charge on any atom is -0.393 e. The van der Waals surface area contributed by atoms with E-state index in [1.54, 1.807) is 0 Å². The van der Waals surface area contributed by atoms with E-state index in [-0.39, 0.29) is 16.9 Å². The molecule has 1 N–H and O–H groups in total. The van der Waals surface area contributed by atoms with E-state index in [9.17, 15) is 9.50 Å². The summed E-state index contributed by atoms with van der Waals surface area (Å²) in [6, 6.07) is 0. The number of aliphatic hydroxyl groups is 1. The van der Waals surface area contributed by atoms with Gasteiger partial charge in [-0.3, -0.25) is 0 Å². The highest BCUT2D eigenvalue weighted by molar-refractivity contribution is 5.25. The molecular formula is C19H29FO. The lowest BCUT2D eigenvalue weighted by Gasteiger charge is -2.57. The fraction of sp³-hybridized carbons (Fsp3) is 0.895. The van der Waals surface area contributed by atoms with Crippen molar-refractivity contribution < 1.29 is 9.50 Å². The Labute approximate surface area is 128 Å². The molecule has 0 bridgehead atoms. The number of hydrogen-bond acceptors (Lipinski definition) is 1. The highest BCUT2D eigenvalue weighted by atomic mass is 19.1. The normalized spacial score (nSPS) is 56.2. The van der Waals surface area contributed by atoms with Crippen molar-refractivity contribution in [2.75, 3.05) is 0 Å². The average Bonchev–Trinajstić information content (AvgIpc) is 2.76. The molecular weight excluding hydrogens is 263 g/mol. The topological polar surface area (TPSA) is 20.2 Å². The lowest BCUT2D eigenvalue weighted by Crippen LogP contribution is -2.50. The van der Waals surface area contributed by atoms with Gasteiger partial charge in [0, 0.05) is 6.42 Å². The summed E-state index contributed by atoms with van der Waals surface area (Å²) in [6.45, 7) is 4.74. The number of halogens is 1. The van der Waals surface area contributed by atoms with E-state index in [1.165, 1.54) is 24.8 Å². The molecule has 21 heavy (non-hydrogen) atoms. The van der Waals surface area contributed by atoms with Crippen LogP contribution in [0, 0.1) is 28.6 Å². The number of aliphatic hydroxyl groups excluding tert-OH is 1. The second-order valence-corrected chi connectivity index (χ2v) is 8.74. The third-order valence-electron chi connectivity index (χ3n) is 7.99. The van der Waals surface area contributed by atoms with Crippen LogP contribution >= 0.6 is 0 Å². The zero-order valence-corrected chi connectivity index (χ0v) is 13.4. The number of alkyl halides is 1. The van der Waals surface area contributed by atoms with E-state index in [0.717, 1.165) is 37.5 Å². The Morgan fingerprint density at radius 3 is 2.71 bits per heavy atom. The molecule has 0 amide bonds. The van der Waals surface area contributed by atoms with Crippen molar-refractivity contribution in [1.82, 2.24) is 0 Å². The van der Waals surface area contributed by atoms with Crippen molar-refractivity contribution in [2.45, 2.75) is 77.5 Å². The van der Waals surface area contributed by atoms with Crippen LogP contribution in [-0.4, -0.2) is 17.4 Å². The highest BCUT2D eigenvalue weighted by Gasteiger charge is 2.58. The van der Waals surface area contributed by atoms with Gasteiger partial charge in [-0.25, -0.2) is 4.39 Å². The first-order chi connectivity index (χ1) is 9.95. The van der Waals surface area contributed by atoms with Crippen molar-refractivity contribution in [3.8, 4) is 0 Å². The summed E-state index contributed by atoms with van der Waals surface area (Å²) in [7, 11) is 0. The van der Waals surface area contributed by atoms with Crippen molar-refractivity contribution in [2.24, 2.45) is 28.6 Å². The first-order valence-corrected chi connectivity index (χ1v) is 8.97. The highest BCUT2D eigenvalue weighted by Crippen LogP contribution is 2.64. The summed E-state index contributed by atoms with van der Waals surface area (Å²) in [4.78, 5) is 0. The third kappa shape index (κ3) is 1.84. The number of fused-ring (bicyclic) bond motifs is 5. The summed E-state index contributed by atoms with van der Waals surface area (Å²) in [6.07, 6.45) is 9.89. The molecule has 7 atom stereocenters. The molecule has 3 fully saturated rings. The Bertz CT molecular complexity index is 472. The van der Waals surface area contributed by atoms with Crippen LogP contribution in [-0.2, 0) is 0 Å². The Balaban J connectivity index is 1.68. The lowest BCUT2D eigenvalue weighted by atomic mass is 9.48. The molecule has 1 nitrogen and oxygen atoms in total. The van der Waals surface area contributed by atoms with Crippen molar-refractivity contribution in [3.05, 3.63) is 11.6 Å².